The van der Waals surface area contributed by atoms with Gasteiger partial charge in [0.2, 0.25) is 0 Å². The van der Waals surface area contributed by atoms with Gasteiger partial charge in [0, 0.05) is 19.8 Å². The molecule has 0 aromatic heterocycles. The van der Waals surface area contributed by atoms with E-state index in [0.29, 0.717) is 5.56 Å². The van der Waals surface area contributed by atoms with Crippen LogP contribution < -0.4 is 5.32 Å². The molecule has 2 aromatic rings. The predicted molar refractivity (Wildman–Crippen MR) is 89.6 cm³/mol. The first kappa shape index (κ1) is 17.4. The molecule has 23 heavy (non-hydrogen) atoms. The molecule has 0 fully saturated rings. The zero-order chi connectivity index (χ0) is 16.7. The van der Waals surface area contributed by atoms with Crippen LogP contribution in [0.3, 0.4) is 0 Å². The molecule has 0 aliphatic carbocycles. The molecule has 0 aliphatic heterocycles. The van der Waals surface area contributed by atoms with Crippen LogP contribution >= 0.6 is 7.60 Å². The molecule has 2 aromatic carbocycles. The second-order valence-electron chi connectivity index (χ2n) is 4.96. The summed E-state index contributed by atoms with van der Waals surface area (Å²) in [6, 6.07) is 17.7. The largest absolute Gasteiger partial charge is 0.345 e. The van der Waals surface area contributed by atoms with Crippen molar-refractivity contribution in [2.24, 2.45) is 0 Å². The average Bonchev–Trinajstić information content (AvgIpc) is 2.62. The van der Waals surface area contributed by atoms with Crippen LogP contribution in [0, 0.1) is 0 Å². The van der Waals surface area contributed by atoms with Gasteiger partial charge in [-0.15, -0.1) is 0 Å². The van der Waals surface area contributed by atoms with Crippen LogP contribution in [-0.2, 0) is 13.6 Å². The van der Waals surface area contributed by atoms with Crippen molar-refractivity contribution >= 4 is 13.5 Å². The Morgan fingerprint density at radius 3 is 2.04 bits per heavy atom. The molecule has 0 radical (unpaired) electrons. The molecule has 0 aliphatic rings. The molecular weight excluding hydrogens is 313 g/mol. The Kier molecular flexibility index (Phi) is 6.11. The van der Waals surface area contributed by atoms with Gasteiger partial charge in [-0.25, -0.2) is 0 Å². The van der Waals surface area contributed by atoms with Gasteiger partial charge in [-0.3, -0.25) is 9.36 Å². The van der Waals surface area contributed by atoms with Crippen LogP contribution in [0.25, 0.3) is 0 Å². The highest BCUT2D eigenvalue weighted by Crippen LogP contribution is 2.49. The van der Waals surface area contributed by atoms with Crippen molar-refractivity contribution in [1.29, 1.82) is 0 Å². The molecule has 0 bridgehead atoms. The second kappa shape index (κ2) is 8.06. The normalized spacial score (nSPS) is 12.6. The fourth-order valence-electron chi connectivity index (χ4n) is 2.20. The first-order valence-corrected chi connectivity index (χ1v) is 8.92. The van der Waals surface area contributed by atoms with E-state index in [4.69, 9.17) is 9.05 Å². The van der Waals surface area contributed by atoms with Crippen LogP contribution in [0.15, 0.2) is 60.7 Å². The summed E-state index contributed by atoms with van der Waals surface area (Å²) in [5, 5.41) is 2.90. The van der Waals surface area contributed by atoms with Gasteiger partial charge >= 0.3 is 7.60 Å². The lowest BCUT2D eigenvalue weighted by Crippen LogP contribution is -2.31. The SMILES string of the molecule is COP(=O)(C[C@@H](NC(=O)c1ccccc1)c1ccccc1)OC. The molecule has 1 N–H and O–H groups in total. The maximum absolute atomic E-state index is 12.5. The molecular formula is C17H20NO4P. The first-order chi connectivity index (χ1) is 11.1. The van der Waals surface area contributed by atoms with Crippen LogP contribution in [0.4, 0.5) is 0 Å². The minimum absolute atomic E-state index is 0.0581. The number of benzene rings is 2. The lowest BCUT2D eigenvalue weighted by Gasteiger charge is -2.23. The third-order valence-electron chi connectivity index (χ3n) is 3.51. The summed E-state index contributed by atoms with van der Waals surface area (Å²) in [6.45, 7) is 0. The Morgan fingerprint density at radius 2 is 1.52 bits per heavy atom. The van der Waals surface area contributed by atoms with Gasteiger partial charge < -0.3 is 14.4 Å². The van der Waals surface area contributed by atoms with Crippen LogP contribution in [0.1, 0.15) is 22.0 Å². The van der Waals surface area contributed by atoms with Crippen molar-refractivity contribution < 1.29 is 18.4 Å². The van der Waals surface area contributed by atoms with Gasteiger partial charge in [0.05, 0.1) is 12.2 Å². The number of hydrogen-bond donors (Lipinski definition) is 1. The lowest BCUT2D eigenvalue weighted by molar-refractivity contribution is 0.0939. The van der Waals surface area contributed by atoms with E-state index in [1.54, 1.807) is 24.3 Å². The predicted octanol–water partition coefficient (Wildman–Crippen LogP) is 3.64. The van der Waals surface area contributed by atoms with E-state index in [1.807, 2.05) is 36.4 Å². The van der Waals surface area contributed by atoms with Crippen molar-refractivity contribution in [3.8, 4) is 0 Å². The minimum Gasteiger partial charge on any atom is -0.345 e. The highest BCUT2D eigenvalue weighted by Gasteiger charge is 2.29. The summed E-state index contributed by atoms with van der Waals surface area (Å²) in [6.07, 6.45) is 0.0581. The van der Waals surface area contributed by atoms with E-state index in [2.05, 4.69) is 5.32 Å². The summed E-state index contributed by atoms with van der Waals surface area (Å²) in [5.74, 6) is -0.238. The summed E-state index contributed by atoms with van der Waals surface area (Å²) >= 11 is 0. The molecule has 1 amide bonds. The standard InChI is InChI=1S/C17H20NO4P/c1-21-23(20,22-2)13-16(14-9-5-3-6-10-14)18-17(19)15-11-7-4-8-12-15/h3-12,16H,13H2,1-2H3,(H,18,19)/t16-/m1/s1. The average molecular weight is 333 g/mol. The smallest absolute Gasteiger partial charge is 0.332 e. The van der Waals surface area contributed by atoms with Crippen LogP contribution in [0.2, 0.25) is 0 Å². The molecule has 122 valence electrons. The zero-order valence-electron chi connectivity index (χ0n) is 13.1. The van der Waals surface area contributed by atoms with Gasteiger partial charge in [-0.05, 0) is 17.7 Å². The van der Waals surface area contributed by atoms with Crippen molar-refractivity contribution in [3.63, 3.8) is 0 Å². The van der Waals surface area contributed by atoms with E-state index in [0.717, 1.165) is 5.56 Å². The Labute approximate surface area is 136 Å². The molecule has 0 saturated carbocycles. The Balaban J connectivity index is 2.24. The van der Waals surface area contributed by atoms with E-state index in [1.165, 1.54) is 14.2 Å². The van der Waals surface area contributed by atoms with Gasteiger partial charge in [0.1, 0.15) is 0 Å². The van der Waals surface area contributed by atoms with Crippen molar-refractivity contribution in [2.45, 2.75) is 6.04 Å². The minimum atomic E-state index is -3.27. The highest BCUT2D eigenvalue weighted by molar-refractivity contribution is 7.53. The Bertz CT molecular complexity index is 668. The number of carbonyl (C=O) groups is 1. The fourth-order valence-corrected chi connectivity index (χ4v) is 3.39. The van der Waals surface area contributed by atoms with E-state index in [-0.39, 0.29) is 12.1 Å². The molecule has 0 saturated heterocycles. The number of carbonyl (C=O) groups excluding carboxylic acids is 1. The van der Waals surface area contributed by atoms with E-state index < -0.39 is 13.6 Å². The van der Waals surface area contributed by atoms with Crippen LogP contribution in [0.5, 0.6) is 0 Å². The summed E-state index contributed by atoms with van der Waals surface area (Å²) in [4.78, 5) is 12.4. The quantitative estimate of drug-likeness (QED) is 0.786. The lowest BCUT2D eigenvalue weighted by atomic mass is 10.1. The number of hydrogen-bond acceptors (Lipinski definition) is 4. The Hall–Kier alpha value is -1.94. The maximum Gasteiger partial charge on any atom is 0.332 e. The van der Waals surface area contributed by atoms with Crippen molar-refractivity contribution in [2.75, 3.05) is 20.4 Å². The van der Waals surface area contributed by atoms with Crippen molar-refractivity contribution in [3.05, 3.63) is 71.8 Å². The monoisotopic (exact) mass is 333 g/mol. The third kappa shape index (κ3) is 4.76. The summed E-state index contributed by atoms with van der Waals surface area (Å²) < 4.78 is 22.5. The Morgan fingerprint density at radius 1 is 1.00 bits per heavy atom. The number of rotatable bonds is 7. The summed E-state index contributed by atoms with van der Waals surface area (Å²) in [7, 11) is -0.588. The molecule has 5 nitrogen and oxygen atoms in total. The van der Waals surface area contributed by atoms with E-state index >= 15 is 0 Å². The van der Waals surface area contributed by atoms with Gasteiger partial charge in [-0.2, -0.15) is 0 Å². The molecule has 1 atom stereocenters. The van der Waals surface area contributed by atoms with Gasteiger partial charge in [-0.1, -0.05) is 48.5 Å². The fraction of sp³-hybridized carbons (Fsp3) is 0.235. The molecule has 6 heteroatoms. The van der Waals surface area contributed by atoms with Crippen molar-refractivity contribution in [1.82, 2.24) is 5.32 Å². The number of nitrogens with one attached hydrogen (secondary N) is 1. The highest BCUT2D eigenvalue weighted by atomic mass is 31.2. The zero-order valence-corrected chi connectivity index (χ0v) is 14.0. The van der Waals surface area contributed by atoms with Gasteiger partial charge in [0.25, 0.3) is 5.91 Å². The maximum atomic E-state index is 12.5. The first-order valence-electron chi connectivity index (χ1n) is 7.19. The van der Waals surface area contributed by atoms with Gasteiger partial charge in [0.15, 0.2) is 0 Å². The second-order valence-corrected chi connectivity index (χ2v) is 7.28. The summed E-state index contributed by atoms with van der Waals surface area (Å²) in [5.41, 5.74) is 1.38. The number of amides is 1. The topological polar surface area (TPSA) is 64.6 Å². The molecule has 0 spiro atoms. The molecule has 0 heterocycles. The molecule has 2 rings (SSSR count). The third-order valence-corrected chi connectivity index (χ3v) is 5.43. The van der Waals surface area contributed by atoms with Crippen LogP contribution in [-0.4, -0.2) is 26.3 Å². The molecule has 0 unspecified atom stereocenters. The van der Waals surface area contributed by atoms with E-state index in [9.17, 15) is 9.36 Å².